The van der Waals surface area contributed by atoms with Crippen LogP contribution in [0.5, 0.6) is 0 Å². The van der Waals surface area contributed by atoms with Crippen molar-refractivity contribution in [1.29, 1.82) is 0 Å². The molecule has 1 unspecified atom stereocenters. The van der Waals surface area contributed by atoms with Gasteiger partial charge in [-0.1, -0.05) is 49.3 Å². The SMILES string of the molecule is C[C@H](CNC(=O)c1cccc(C(C)(C)O)c1)[C@H]1CCC2/C(=C/C=C3C[C@@H](O)C[C@H](O)C3)CCC[C@@]21C. The number of aliphatic hydroxyl groups is 3. The zero-order chi connectivity index (χ0) is 26.1. The van der Waals surface area contributed by atoms with Crippen molar-refractivity contribution in [1.82, 2.24) is 5.32 Å². The van der Waals surface area contributed by atoms with Crippen molar-refractivity contribution in [2.45, 2.75) is 96.9 Å². The average molecular weight is 496 g/mol. The second kappa shape index (κ2) is 10.8. The van der Waals surface area contributed by atoms with Crippen LogP contribution in [0.4, 0.5) is 0 Å². The molecule has 36 heavy (non-hydrogen) atoms. The molecule has 0 saturated heterocycles. The predicted octanol–water partition coefficient (Wildman–Crippen LogP) is 5.25. The molecule has 4 rings (SSSR count). The van der Waals surface area contributed by atoms with Crippen molar-refractivity contribution in [3.8, 4) is 0 Å². The van der Waals surface area contributed by atoms with Crippen molar-refractivity contribution >= 4 is 5.91 Å². The number of amides is 1. The molecule has 1 amide bonds. The van der Waals surface area contributed by atoms with Gasteiger partial charge in [0.2, 0.25) is 0 Å². The summed E-state index contributed by atoms with van der Waals surface area (Å²) < 4.78 is 0. The Labute approximate surface area is 216 Å². The summed E-state index contributed by atoms with van der Waals surface area (Å²) in [4.78, 5) is 12.9. The van der Waals surface area contributed by atoms with Crippen LogP contribution in [0.3, 0.4) is 0 Å². The third-order valence-electron chi connectivity index (χ3n) is 9.21. The Morgan fingerprint density at radius 2 is 1.92 bits per heavy atom. The predicted molar refractivity (Wildman–Crippen MR) is 143 cm³/mol. The normalized spacial score (nSPS) is 32.8. The summed E-state index contributed by atoms with van der Waals surface area (Å²) in [6, 6.07) is 7.26. The van der Waals surface area contributed by atoms with E-state index in [1.807, 2.05) is 12.1 Å². The first-order valence-corrected chi connectivity index (χ1v) is 13.8. The van der Waals surface area contributed by atoms with Crippen LogP contribution in [0.2, 0.25) is 0 Å². The van der Waals surface area contributed by atoms with Gasteiger partial charge >= 0.3 is 0 Å². The van der Waals surface area contributed by atoms with E-state index in [0.717, 1.165) is 17.6 Å². The lowest BCUT2D eigenvalue weighted by molar-refractivity contribution is 0.0609. The highest BCUT2D eigenvalue weighted by molar-refractivity contribution is 5.94. The number of carbonyl (C=O) groups excluding carboxylic acids is 1. The molecule has 4 N–H and O–H groups in total. The summed E-state index contributed by atoms with van der Waals surface area (Å²) in [6.07, 6.45) is 11.3. The number of hydrogen-bond acceptors (Lipinski definition) is 4. The number of rotatable bonds is 6. The fourth-order valence-electron chi connectivity index (χ4n) is 7.28. The van der Waals surface area contributed by atoms with Gasteiger partial charge in [-0.2, -0.15) is 0 Å². The lowest BCUT2D eigenvalue weighted by Crippen LogP contribution is -2.39. The Balaban J connectivity index is 1.40. The molecule has 6 atom stereocenters. The Hall–Kier alpha value is -1.95. The molecule has 1 aromatic rings. The minimum atomic E-state index is -0.976. The summed E-state index contributed by atoms with van der Waals surface area (Å²) in [6.45, 7) is 8.84. The standard InChI is InChI=1S/C31H45NO4/c1-20(19-32-29(35)23-7-5-9-24(17-23)30(2,3)36)27-12-13-28-22(8-6-14-31(27,28)4)11-10-21-15-25(33)18-26(34)16-21/h5,7,9-11,17,20,25-28,33-34,36H,6,8,12-16,18-19H2,1-4H3,(H,32,35)/b22-11+/t20-,25-,26-,27-,28?,31-/m1/s1. The van der Waals surface area contributed by atoms with Gasteiger partial charge in [0.15, 0.2) is 0 Å². The van der Waals surface area contributed by atoms with Gasteiger partial charge in [0.1, 0.15) is 0 Å². The van der Waals surface area contributed by atoms with E-state index in [1.54, 1.807) is 26.0 Å². The second-order valence-corrected chi connectivity index (χ2v) is 12.4. The molecule has 3 fully saturated rings. The molecule has 3 aliphatic carbocycles. The number of hydrogen-bond donors (Lipinski definition) is 4. The van der Waals surface area contributed by atoms with E-state index in [-0.39, 0.29) is 11.3 Å². The Morgan fingerprint density at radius 3 is 2.61 bits per heavy atom. The minimum absolute atomic E-state index is 0.0830. The molecular weight excluding hydrogens is 450 g/mol. The number of carbonyl (C=O) groups is 1. The monoisotopic (exact) mass is 495 g/mol. The van der Waals surface area contributed by atoms with Crippen LogP contribution in [0.15, 0.2) is 47.6 Å². The molecule has 3 aliphatic rings. The quantitative estimate of drug-likeness (QED) is 0.434. The fraction of sp³-hybridized carbons (Fsp3) is 0.645. The summed E-state index contributed by atoms with van der Waals surface area (Å²) >= 11 is 0. The summed E-state index contributed by atoms with van der Waals surface area (Å²) in [7, 11) is 0. The van der Waals surface area contributed by atoms with E-state index in [9.17, 15) is 20.1 Å². The molecule has 5 heteroatoms. The van der Waals surface area contributed by atoms with Crippen LogP contribution in [-0.2, 0) is 5.60 Å². The lowest BCUT2D eigenvalue weighted by atomic mass is 9.61. The van der Waals surface area contributed by atoms with Crippen LogP contribution in [0.1, 0.15) is 95.0 Å². The Bertz CT molecular complexity index is 994. The van der Waals surface area contributed by atoms with Crippen LogP contribution < -0.4 is 5.32 Å². The van der Waals surface area contributed by atoms with Gasteiger partial charge in [0.05, 0.1) is 17.8 Å². The van der Waals surface area contributed by atoms with E-state index >= 15 is 0 Å². The highest BCUT2D eigenvalue weighted by Gasteiger charge is 2.50. The van der Waals surface area contributed by atoms with Crippen molar-refractivity contribution in [2.75, 3.05) is 6.54 Å². The largest absolute Gasteiger partial charge is 0.393 e. The zero-order valence-corrected chi connectivity index (χ0v) is 22.5. The maximum absolute atomic E-state index is 12.9. The van der Waals surface area contributed by atoms with E-state index in [0.29, 0.717) is 49.1 Å². The van der Waals surface area contributed by atoms with Gasteiger partial charge in [-0.15, -0.1) is 0 Å². The van der Waals surface area contributed by atoms with E-state index in [1.165, 1.54) is 31.3 Å². The van der Waals surface area contributed by atoms with Gasteiger partial charge in [0.25, 0.3) is 5.91 Å². The average Bonchev–Trinajstić information content (AvgIpc) is 3.17. The minimum Gasteiger partial charge on any atom is -0.393 e. The number of allylic oxidation sites excluding steroid dienone is 3. The molecule has 5 nitrogen and oxygen atoms in total. The molecular formula is C31H45NO4. The lowest BCUT2D eigenvalue weighted by Gasteiger charge is -2.44. The molecule has 0 aromatic heterocycles. The molecule has 0 radical (unpaired) electrons. The van der Waals surface area contributed by atoms with Crippen molar-refractivity contribution < 1.29 is 20.1 Å². The van der Waals surface area contributed by atoms with E-state index in [4.69, 9.17) is 0 Å². The highest BCUT2D eigenvalue weighted by Crippen LogP contribution is 2.59. The van der Waals surface area contributed by atoms with E-state index in [2.05, 4.69) is 31.3 Å². The molecule has 0 heterocycles. The highest BCUT2D eigenvalue weighted by atomic mass is 16.3. The third-order valence-corrected chi connectivity index (χ3v) is 9.21. The van der Waals surface area contributed by atoms with Crippen molar-refractivity contribution in [3.05, 3.63) is 58.7 Å². The fourth-order valence-corrected chi connectivity index (χ4v) is 7.28. The Morgan fingerprint density at radius 1 is 1.19 bits per heavy atom. The van der Waals surface area contributed by atoms with Gasteiger partial charge in [-0.05, 0) is 106 Å². The van der Waals surface area contributed by atoms with Gasteiger partial charge < -0.3 is 20.6 Å². The van der Waals surface area contributed by atoms with Crippen LogP contribution in [-0.4, -0.2) is 40.0 Å². The molecule has 0 bridgehead atoms. The number of benzene rings is 1. The summed E-state index contributed by atoms with van der Waals surface area (Å²) in [5, 5.41) is 33.5. The van der Waals surface area contributed by atoms with Crippen LogP contribution in [0, 0.1) is 23.2 Å². The van der Waals surface area contributed by atoms with E-state index < -0.39 is 17.8 Å². The topological polar surface area (TPSA) is 89.8 Å². The smallest absolute Gasteiger partial charge is 0.251 e. The Kier molecular flexibility index (Phi) is 8.13. The summed E-state index contributed by atoms with van der Waals surface area (Å²) in [5.41, 5.74) is 3.26. The second-order valence-electron chi connectivity index (χ2n) is 12.4. The van der Waals surface area contributed by atoms with Crippen LogP contribution in [0.25, 0.3) is 0 Å². The van der Waals surface area contributed by atoms with Gasteiger partial charge in [0, 0.05) is 12.1 Å². The molecule has 1 aromatic carbocycles. The summed E-state index contributed by atoms with van der Waals surface area (Å²) in [5.74, 6) is 1.41. The zero-order valence-electron chi connectivity index (χ0n) is 22.5. The third kappa shape index (κ3) is 5.95. The molecule has 198 valence electrons. The molecule has 0 aliphatic heterocycles. The first-order chi connectivity index (χ1) is 17.0. The number of nitrogens with one attached hydrogen (secondary N) is 1. The number of fused-ring (bicyclic) bond motifs is 1. The molecule has 0 spiro atoms. The maximum atomic E-state index is 12.9. The first kappa shape index (κ1) is 27.1. The number of aliphatic hydroxyl groups excluding tert-OH is 2. The van der Waals surface area contributed by atoms with Crippen molar-refractivity contribution in [2.24, 2.45) is 23.2 Å². The van der Waals surface area contributed by atoms with Crippen molar-refractivity contribution in [3.63, 3.8) is 0 Å². The van der Waals surface area contributed by atoms with Gasteiger partial charge in [-0.3, -0.25) is 4.79 Å². The maximum Gasteiger partial charge on any atom is 0.251 e. The van der Waals surface area contributed by atoms with Gasteiger partial charge in [-0.25, -0.2) is 0 Å². The molecule has 3 saturated carbocycles. The van der Waals surface area contributed by atoms with Crippen LogP contribution >= 0.6 is 0 Å². The first-order valence-electron chi connectivity index (χ1n) is 13.8.